The molecule has 2 aromatic heterocycles. The number of hydrogen-bond donors (Lipinski definition) is 1. The molecule has 41 heavy (non-hydrogen) atoms. The van der Waals surface area contributed by atoms with E-state index in [1.54, 1.807) is 0 Å². The molecule has 2 heterocycles. The van der Waals surface area contributed by atoms with Crippen molar-refractivity contribution in [1.29, 1.82) is 0 Å². The van der Waals surface area contributed by atoms with E-state index in [2.05, 4.69) is 69.0 Å². The lowest BCUT2D eigenvalue weighted by Gasteiger charge is -2.21. The molecule has 6 rings (SSSR count). The summed E-state index contributed by atoms with van der Waals surface area (Å²) >= 11 is 0. The second-order valence-electron chi connectivity index (χ2n) is 12.1. The van der Waals surface area contributed by atoms with Gasteiger partial charge < -0.3 is 19.2 Å². The molecule has 7 heteroatoms. The molecule has 5 aromatic rings. The van der Waals surface area contributed by atoms with Crippen molar-refractivity contribution in [2.75, 3.05) is 0 Å². The molecule has 1 amide bonds. The number of ether oxygens (including phenoxy) is 1. The molecule has 1 fully saturated rings. The fraction of sp³-hybridized carbons (Fsp3) is 0.324. The van der Waals surface area contributed by atoms with Crippen LogP contribution in [0.2, 0.25) is 0 Å². The normalized spacial score (nSPS) is 17.3. The lowest BCUT2D eigenvalue weighted by molar-refractivity contribution is 0.0503. The number of hydrogen-bond acceptors (Lipinski definition) is 4. The number of imidazole rings is 1. The molecule has 0 aliphatic heterocycles. The van der Waals surface area contributed by atoms with Gasteiger partial charge in [-0.3, -0.25) is 4.79 Å². The minimum atomic E-state index is -0.551. The summed E-state index contributed by atoms with van der Waals surface area (Å²) in [4.78, 5) is 30.8. The molecule has 210 valence electrons. The molecule has 2 unspecified atom stereocenters. The number of amides is 1. The number of nitrogens with one attached hydrogen (secondary N) is 1. The van der Waals surface area contributed by atoms with Gasteiger partial charge in [0.1, 0.15) is 5.60 Å². The van der Waals surface area contributed by atoms with E-state index < -0.39 is 11.7 Å². The number of alkyl carbamates (subject to hydrolysis) is 1. The number of nitrogens with zero attached hydrogens (tertiary/aromatic N) is 3. The van der Waals surface area contributed by atoms with Crippen molar-refractivity contribution in [1.82, 2.24) is 19.4 Å². The first-order valence-electron chi connectivity index (χ1n) is 14.3. The van der Waals surface area contributed by atoms with Crippen LogP contribution in [0, 0.1) is 5.92 Å². The zero-order valence-corrected chi connectivity index (χ0v) is 24.1. The van der Waals surface area contributed by atoms with E-state index in [4.69, 9.17) is 9.72 Å². The zero-order chi connectivity index (χ0) is 28.7. The molecule has 1 saturated carbocycles. The maximum atomic E-state index is 13.5. The van der Waals surface area contributed by atoms with Crippen molar-refractivity contribution >= 4 is 33.8 Å². The van der Waals surface area contributed by atoms with Gasteiger partial charge in [-0.25, -0.2) is 9.78 Å². The van der Waals surface area contributed by atoms with E-state index in [1.807, 2.05) is 52.1 Å². The summed E-state index contributed by atoms with van der Waals surface area (Å²) in [7, 11) is 2.03. The third-order valence-electron chi connectivity index (χ3n) is 7.91. The van der Waals surface area contributed by atoms with Crippen molar-refractivity contribution < 1.29 is 14.3 Å². The topological polar surface area (TPSA) is 78.2 Å². The first kappa shape index (κ1) is 26.8. The highest BCUT2D eigenvalue weighted by Gasteiger charge is 2.32. The van der Waals surface area contributed by atoms with Gasteiger partial charge in [-0.1, -0.05) is 48.5 Å². The Bertz CT molecular complexity index is 1740. The van der Waals surface area contributed by atoms with Crippen molar-refractivity contribution in [2.24, 2.45) is 13.0 Å². The summed E-state index contributed by atoms with van der Waals surface area (Å²) in [5.41, 5.74) is 5.30. The molecule has 0 bridgehead atoms. The maximum Gasteiger partial charge on any atom is 0.407 e. The second-order valence-corrected chi connectivity index (χ2v) is 12.1. The Morgan fingerprint density at radius 1 is 0.951 bits per heavy atom. The van der Waals surface area contributed by atoms with Crippen LogP contribution < -0.4 is 5.32 Å². The molecule has 2 atom stereocenters. The number of aromatic nitrogens is 3. The quantitative estimate of drug-likeness (QED) is 0.229. The van der Waals surface area contributed by atoms with E-state index >= 15 is 0 Å². The summed E-state index contributed by atoms with van der Waals surface area (Å²) in [6.45, 7) is 6.26. The molecule has 0 spiro atoms. The molecular formula is C34H36N4O3. The van der Waals surface area contributed by atoms with Crippen LogP contribution in [0.3, 0.4) is 0 Å². The minimum absolute atomic E-state index is 0.0597. The summed E-state index contributed by atoms with van der Waals surface area (Å²) in [6.07, 6.45) is 1.69. The van der Waals surface area contributed by atoms with E-state index in [1.165, 1.54) is 5.56 Å². The number of ketones is 1. The summed E-state index contributed by atoms with van der Waals surface area (Å²) in [5.74, 6) is 0.828. The maximum absolute atomic E-state index is 13.5. The molecule has 3 aromatic carbocycles. The van der Waals surface area contributed by atoms with Gasteiger partial charge in [0.2, 0.25) is 0 Å². The monoisotopic (exact) mass is 548 g/mol. The van der Waals surface area contributed by atoms with Crippen LogP contribution >= 0.6 is 0 Å². The largest absolute Gasteiger partial charge is 0.444 e. The highest BCUT2D eigenvalue weighted by atomic mass is 16.6. The zero-order valence-electron chi connectivity index (χ0n) is 24.1. The van der Waals surface area contributed by atoms with Gasteiger partial charge >= 0.3 is 6.09 Å². The Labute approximate surface area is 240 Å². The van der Waals surface area contributed by atoms with E-state index in [9.17, 15) is 9.59 Å². The number of fused-ring (bicyclic) bond motifs is 2. The Hall–Kier alpha value is -4.39. The first-order valence-corrected chi connectivity index (χ1v) is 14.3. The predicted octanol–water partition coefficient (Wildman–Crippen LogP) is 7.12. The lowest BCUT2D eigenvalue weighted by Crippen LogP contribution is -2.38. The third-order valence-corrected chi connectivity index (χ3v) is 7.91. The van der Waals surface area contributed by atoms with Gasteiger partial charge in [0, 0.05) is 42.0 Å². The van der Waals surface area contributed by atoms with Gasteiger partial charge in [-0.05, 0) is 75.9 Å². The van der Waals surface area contributed by atoms with Crippen LogP contribution in [0.4, 0.5) is 4.79 Å². The highest BCUT2D eigenvalue weighted by Crippen LogP contribution is 2.33. The number of rotatable bonds is 6. The van der Waals surface area contributed by atoms with Crippen LogP contribution in [-0.4, -0.2) is 37.6 Å². The Morgan fingerprint density at radius 2 is 1.71 bits per heavy atom. The molecular weight excluding hydrogens is 512 g/mol. The van der Waals surface area contributed by atoms with Gasteiger partial charge in [0.15, 0.2) is 11.6 Å². The van der Waals surface area contributed by atoms with Crippen LogP contribution in [0.25, 0.3) is 33.5 Å². The first-order chi connectivity index (χ1) is 19.7. The van der Waals surface area contributed by atoms with Gasteiger partial charge in [-0.15, -0.1) is 0 Å². The van der Waals surface area contributed by atoms with Crippen LogP contribution in [-0.2, 0) is 18.3 Å². The van der Waals surface area contributed by atoms with E-state index in [0.717, 1.165) is 52.8 Å². The minimum Gasteiger partial charge on any atom is -0.444 e. The number of benzene rings is 3. The third kappa shape index (κ3) is 5.49. The van der Waals surface area contributed by atoms with Crippen molar-refractivity contribution in [3.63, 3.8) is 0 Å². The van der Waals surface area contributed by atoms with Gasteiger partial charge in [0.05, 0.1) is 16.7 Å². The van der Waals surface area contributed by atoms with Gasteiger partial charge in [0.25, 0.3) is 0 Å². The summed E-state index contributed by atoms with van der Waals surface area (Å²) < 4.78 is 9.81. The number of aryl methyl sites for hydroxylation is 1. The lowest BCUT2D eigenvalue weighted by atomic mass is 9.96. The van der Waals surface area contributed by atoms with E-state index in [0.29, 0.717) is 12.0 Å². The molecule has 7 nitrogen and oxygen atoms in total. The predicted molar refractivity (Wildman–Crippen MR) is 162 cm³/mol. The molecule has 1 aliphatic carbocycles. The molecule has 0 saturated heterocycles. The Kier molecular flexibility index (Phi) is 6.89. The fourth-order valence-corrected chi connectivity index (χ4v) is 5.97. The Morgan fingerprint density at radius 3 is 2.49 bits per heavy atom. The number of carbonyl (C=O) groups excluding carboxylic acids is 2. The Balaban J connectivity index is 1.27. The smallest absolute Gasteiger partial charge is 0.407 e. The fourth-order valence-electron chi connectivity index (χ4n) is 5.97. The number of para-hydroxylation sites is 1. The second kappa shape index (κ2) is 10.5. The summed E-state index contributed by atoms with van der Waals surface area (Å²) in [6, 6.07) is 26.8. The molecule has 1 N–H and O–H groups in total. The van der Waals surface area contributed by atoms with E-state index in [-0.39, 0.29) is 17.7 Å². The number of carbonyl (C=O) groups is 2. The highest BCUT2D eigenvalue weighted by molar-refractivity contribution is 6.01. The van der Waals surface area contributed by atoms with Crippen molar-refractivity contribution in [3.8, 4) is 11.5 Å². The van der Waals surface area contributed by atoms with Crippen LogP contribution in [0.5, 0.6) is 0 Å². The standard InChI is InChI=1S/C34H36N4O3/c1-34(2,3)41-33(40)35-26-16-14-24(18-26)31(39)25-15-17-29-27(19-25)36-32(37(29)4)30-20-23-12-8-9-13-28(23)38(30)21-22-10-6-5-7-11-22/h5-13,15,17,19-20,24,26H,14,16,18,21H2,1-4H3,(H,35,40). The molecule has 0 radical (unpaired) electrons. The summed E-state index contributed by atoms with van der Waals surface area (Å²) in [5, 5.41) is 4.10. The average molecular weight is 549 g/mol. The SMILES string of the molecule is Cn1c(-c2cc3ccccc3n2Cc2ccccc2)nc2cc(C(=O)C3CCC(NC(=O)OC(C)(C)C)C3)ccc21. The van der Waals surface area contributed by atoms with Crippen molar-refractivity contribution in [3.05, 3.63) is 90.0 Å². The van der Waals surface area contributed by atoms with Crippen LogP contribution in [0.1, 0.15) is 56.0 Å². The van der Waals surface area contributed by atoms with Crippen LogP contribution in [0.15, 0.2) is 78.9 Å². The van der Waals surface area contributed by atoms with Crippen molar-refractivity contribution in [2.45, 2.75) is 58.2 Å². The molecule has 1 aliphatic rings. The van der Waals surface area contributed by atoms with Gasteiger partial charge in [-0.2, -0.15) is 0 Å². The number of Topliss-reactive ketones (excluding diaryl/α,β-unsaturated/α-hetero) is 1. The average Bonchev–Trinajstić information content (AvgIpc) is 3.63.